The third-order valence-corrected chi connectivity index (χ3v) is 5.87. The van der Waals surface area contributed by atoms with Crippen LogP contribution in [0.3, 0.4) is 0 Å². The van der Waals surface area contributed by atoms with Gasteiger partial charge in [0.05, 0.1) is 10.6 Å². The summed E-state index contributed by atoms with van der Waals surface area (Å²) in [7, 11) is 5.96. The fraction of sp³-hybridized carbons (Fsp3) is 0.222. The highest BCUT2D eigenvalue weighted by Crippen LogP contribution is 2.28. The molecule has 0 N–H and O–H groups in total. The van der Waals surface area contributed by atoms with Crippen molar-refractivity contribution in [3.63, 3.8) is 0 Å². The maximum atomic E-state index is 5.43. The number of benzene rings is 1. The van der Waals surface area contributed by atoms with Gasteiger partial charge in [-0.25, -0.2) is 0 Å². The second kappa shape index (κ2) is 7.53. The second-order valence-corrected chi connectivity index (χ2v) is 7.98. The van der Waals surface area contributed by atoms with E-state index in [1.807, 2.05) is 72.4 Å². The molecule has 27 heavy (non-hydrogen) atoms. The largest absolute Gasteiger partial charge is 0.378 e. The molecule has 0 radical (unpaired) electrons. The predicted molar refractivity (Wildman–Crippen MR) is 108 cm³/mol. The molecule has 0 unspecified atom stereocenters. The average Bonchev–Trinajstić information content (AvgIpc) is 3.41. The molecule has 1 aromatic carbocycles. The Bertz CT molecular complexity index is 1040. The summed E-state index contributed by atoms with van der Waals surface area (Å²) in [4.78, 5) is 7.64. The second-order valence-electron chi connectivity index (χ2n) is 6.09. The first-order chi connectivity index (χ1) is 13.1. The number of anilines is 1. The summed E-state index contributed by atoms with van der Waals surface area (Å²) < 4.78 is 7.42. The highest BCUT2D eigenvalue weighted by Gasteiger charge is 2.14. The molecular weight excluding hydrogens is 380 g/mol. The summed E-state index contributed by atoms with van der Waals surface area (Å²) >= 11 is 3.18. The summed E-state index contributed by atoms with van der Waals surface area (Å²) in [6.45, 7) is 0. The van der Waals surface area contributed by atoms with E-state index < -0.39 is 0 Å². The van der Waals surface area contributed by atoms with E-state index in [1.54, 1.807) is 11.3 Å². The van der Waals surface area contributed by atoms with Crippen molar-refractivity contribution in [1.29, 1.82) is 0 Å². The standard InChI is InChI=1S/C18H18N6OS2/c1-23(2)13-7-4-6-12(10-13)17-19-15(22-25-17)11-27-18-21-20-16(24(18)3)14-8-5-9-26-14/h4-10H,11H2,1-3H3. The molecule has 0 aliphatic rings. The molecule has 0 amide bonds. The van der Waals surface area contributed by atoms with Gasteiger partial charge in [-0.2, -0.15) is 4.98 Å². The monoisotopic (exact) mass is 398 g/mol. The molecule has 0 bridgehead atoms. The summed E-state index contributed by atoms with van der Waals surface area (Å²) in [5, 5.41) is 15.5. The van der Waals surface area contributed by atoms with Crippen molar-refractivity contribution in [2.45, 2.75) is 10.9 Å². The molecule has 3 heterocycles. The van der Waals surface area contributed by atoms with Crippen LogP contribution in [0.15, 0.2) is 51.5 Å². The van der Waals surface area contributed by atoms with Gasteiger partial charge in [0.25, 0.3) is 5.89 Å². The van der Waals surface area contributed by atoms with Crippen LogP contribution in [-0.2, 0) is 12.8 Å². The van der Waals surface area contributed by atoms with Crippen molar-refractivity contribution in [2.24, 2.45) is 7.05 Å². The first-order valence-electron chi connectivity index (χ1n) is 8.28. The molecule has 7 nitrogen and oxygen atoms in total. The Hall–Kier alpha value is -2.65. The van der Waals surface area contributed by atoms with Crippen LogP contribution in [0.1, 0.15) is 5.82 Å². The summed E-state index contributed by atoms with van der Waals surface area (Å²) in [6, 6.07) is 12.1. The average molecular weight is 399 g/mol. The maximum Gasteiger partial charge on any atom is 0.258 e. The number of aromatic nitrogens is 5. The molecular formula is C18H18N6OS2. The zero-order valence-corrected chi connectivity index (χ0v) is 16.8. The molecule has 0 aliphatic heterocycles. The van der Waals surface area contributed by atoms with E-state index >= 15 is 0 Å². The van der Waals surface area contributed by atoms with E-state index in [0.717, 1.165) is 27.1 Å². The van der Waals surface area contributed by atoms with Crippen molar-refractivity contribution in [3.8, 4) is 22.2 Å². The fourth-order valence-electron chi connectivity index (χ4n) is 2.54. The summed E-state index contributed by atoms with van der Waals surface area (Å²) in [5.41, 5.74) is 1.99. The Morgan fingerprint density at radius 1 is 1.19 bits per heavy atom. The zero-order chi connectivity index (χ0) is 18.8. The van der Waals surface area contributed by atoms with Crippen LogP contribution in [-0.4, -0.2) is 39.0 Å². The van der Waals surface area contributed by atoms with Crippen molar-refractivity contribution >= 4 is 28.8 Å². The van der Waals surface area contributed by atoms with Gasteiger partial charge in [-0.05, 0) is 29.6 Å². The van der Waals surface area contributed by atoms with Gasteiger partial charge in [0, 0.05) is 32.4 Å². The molecule has 0 saturated carbocycles. The molecule has 9 heteroatoms. The van der Waals surface area contributed by atoms with Crippen molar-refractivity contribution < 1.29 is 4.52 Å². The molecule has 0 aliphatic carbocycles. The first-order valence-corrected chi connectivity index (χ1v) is 10.1. The topological polar surface area (TPSA) is 72.9 Å². The number of thiophene rings is 1. The van der Waals surface area contributed by atoms with Gasteiger partial charge < -0.3 is 14.0 Å². The van der Waals surface area contributed by atoms with E-state index in [1.165, 1.54) is 11.8 Å². The highest BCUT2D eigenvalue weighted by atomic mass is 32.2. The van der Waals surface area contributed by atoms with E-state index in [2.05, 4.69) is 20.3 Å². The lowest BCUT2D eigenvalue weighted by atomic mass is 10.2. The van der Waals surface area contributed by atoms with Gasteiger partial charge in [-0.15, -0.1) is 21.5 Å². The third kappa shape index (κ3) is 3.74. The van der Waals surface area contributed by atoms with E-state index in [4.69, 9.17) is 4.52 Å². The van der Waals surface area contributed by atoms with Gasteiger partial charge in [0.15, 0.2) is 16.8 Å². The Kier molecular flexibility index (Phi) is 4.95. The van der Waals surface area contributed by atoms with Gasteiger partial charge in [-0.1, -0.05) is 29.1 Å². The van der Waals surface area contributed by atoms with Crippen LogP contribution >= 0.6 is 23.1 Å². The number of nitrogens with zero attached hydrogens (tertiary/aromatic N) is 6. The predicted octanol–water partition coefficient (Wildman–Crippen LogP) is 3.95. The van der Waals surface area contributed by atoms with E-state index in [0.29, 0.717) is 17.5 Å². The van der Waals surface area contributed by atoms with Crippen LogP contribution in [0.25, 0.3) is 22.2 Å². The Labute approximate surface area is 165 Å². The molecule has 4 aromatic rings. The number of hydrogen-bond acceptors (Lipinski definition) is 8. The Morgan fingerprint density at radius 3 is 2.85 bits per heavy atom. The summed E-state index contributed by atoms with van der Waals surface area (Å²) in [5.74, 6) is 2.58. The van der Waals surface area contributed by atoms with Gasteiger partial charge in [-0.3, -0.25) is 0 Å². The van der Waals surface area contributed by atoms with Crippen molar-refractivity contribution in [1.82, 2.24) is 24.9 Å². The molecule has 0 saturated heterocycles. The minimum Gasteiger partial charge on any atom is -0.378 e. The van der Waals surface area contributed by atoms with Crippen LogP contribution in [0.5, 0.6) is 0 Å². The fourth-order valence-corrected chi connectivity index (χ4v) is 4.04. The minimum absolute atomic E-state index is 0.520. The van der Waals surface area contributed by atoms with Gasteiger partial charge in [0.1, 0.15) is 0 Å². The van der Waals surface area contributed by atoms with Crippen molar-refractivity contribution in [2.75, 3.05) is 19.0 Å². The molecule has 3 aromatic heterocycles. The van der Waals surface area contributed by atoms with E-state index in [-0.39, 0.29) is 0 Å². The van der Waals surface area contributed by atoms with Crippen LogP contribution in [0, 0.1) is 0 Å². The van der Waals surface area contributed by atoms with Crippen LogP contribution < -0.4 is 4.90 Å². The molecule has 0 fully saturated rings. The lowest BCUT2D eigenvalue weighted by Crippen LogP contribution is -2.08. The number of hydrogen-bond donors (Lipinski definition) is 0. The quantitative estimate of drug-likeness (QED) is 0.455. The van der Waals surface area contributed by atoms with Crippen LogP contribution in [0.4, 0.5) is 5.69 Å². The first kappa shape index (κ1) is 17.7. The Balaban J connectivity index is 1.47. The third-order valence-electron chi connectivity index (χ3n) is 3.98. The molecule has 138 valence electrons. The normalized spacial score (nSPS) is 11.1. The van der Waals surface area contributed by atoms with Gasteiger partial charge >= 0.3 is 0 Å². The smallest absolute Gasteiger partial charge is 0.258 e. The molecule has 0 atom stereocenters. The number of rotatable bonds is 6. The summed E-state index contributed by atoms with van der Waals surface area (Å²) in [6.07, 6.45) is 0. The zero-order valence-electron chi connectivity index (χ0n) is 15.2. The molecule has 0 spiro atoms. The SMILES string of the molecule is CN(C)c1cccc(-c2nc(CSc3nnc(-c4cccs4)n3C)no2)c1. The van der Waals surface area contributed by atoms with E-state index in [9.17, 15) is 0 Å². The van der Waals surface area contributed by atoms with Gasteiger partial charge in [0.2, 0.25) is 0 Å². The van der Waals surface area contributed by atoms with Crippen LogP contribution in [0.2, 0.25) is 0 Å². The van der Waals surface area contributed by atoms with Crippen molar-refractivity contribution in [3.05, 3.63) is 47.6 Å². The Morgan fingerprint density at radius 2 is 2.07 bits per heavy atom. The highest BCUT2D eigenvalue weighted by molar-refractivity contribution is 7.98. The molecule has 4 rings (SSSR count). The minimum atomic E-state index is 0.520. The maximum absolute atomic E-state index is 5.43. The lowest BCUT2D eigenvalue weighted by molar-refractivity contribution is 0.425. The lowest BCUT2D eigenvalue weighted by Gasteiger charge is -2.12. The number of thioether (sulfide) groups is 1.